The summed E-state index contributed by atoms with van der Waals surface area (Å²) in [6, 6.07) is 0.655. The van der Waals surface area contributed by atoms with E-state index in [4.69, 9.17) is 9.26 Å². The lowest BCUT2D eigenvalue weighted by Crippen LogP contribution is -2.50. The maximum Gasteiger partial charge on any atom is 0.315 e. The number of hydrogen-bond acceptors (Lipinski definition) is 5. The largest absolute Gasteiger partial charge is 0.381 e. The van der Waals surface area contributed by atoms with E-state index in [1.165, 1.54) is 0 Å². The van der Waals surface area contributed by atoms with Crippen LogP contribution in [0.5, 0.6) is 0 Å². The lowest BCUT2D eigenvalue weighted by Gasteiger charge is -2.24. The van der Waals surface area contributed by atoms with E-state index in [0.29, 0.717) is 24.8 Å². The number of rotatable bonds is 4. The molecule has 1 fully saturated rings. The highest BCUT2D eigenvalue weighted by molar-refractivity contribution is 5.96. The van der Waals surface area contributed by atoms with Crippen LogP contribution in [0.25, 0.3) is 0 Å². The minimum absolute atomic E-state index is 0.0900. The van der Waals surface area contributed by atoms with Crippen molar-refractivity contribution in [2.45, 2.75) is 38.8 Å². The molecule has 2 heterocycles. The Morgan fingerprint density at radius 1 is 1.38 bits per heavy atom. The Bertz CT molecular complexity index is 496. The molecular weight excluding hydrogens is 276 g/mol. The number of aryl methyl sites for hydroxylation is 1. The number of aromatic nitrogens is 1. The molecule has 2 rings (SSSR count). The van der Waals surface area contributed by atoms with Crippen LogP contribution in [0.4, 0.5) is 10.6 Å². The molecule has 3 N–H and O–H groups in total. The number of amides is 3. The highest BCUT2D eigenvalue weighted by Crippen LogP contribution is 2.08. The molecule has 1 unspecified atom stereocenters. The number of hydrogen-bond donors (Lipinski definition) is 3. The summed E-state index contributed by atoms with van der Waals surface area (Å²) >= 11 is 0. The van der Waals surface area contributed by atoms with Gasteiger partial charge >= 0.3 is 6.03 Å². The molecule has 0 saturated carbocycles. The summed E-state index contributed by atoms with van der Waals surface area (Å²) in [7, 11) is 0. The minimum atomic E-state index is -0.679. The fourth-order valence-electron chi connectivity index (χ4n) is 1.99. The standard InChI is InChI=1S/C13H20N4O4/c1-8-7-11(17-21-8)16-12(18)9(2)14-13(19)15-10-3-5-20-6-4-10/h7,9-10H,3-6H2,1-2H3,(H2,14,15,19)(H,16,17,18). The Balaban J connectivity index is 1.75. The second kappa shape index (κ2) is 7.07. The molecule has 1 aliphatic heterocycles. The van der Waals surface area contributed by atoms with Gasteiger partial charge in [0.15, 0.2) is 5.82 Å². The number of anilines is 1. The first-order valence-corrected chi connectivity index (χ1v) is 6.93. The van der Waals surface area contributed by atoms with E-state index >= 15 is 0 Å². The first-order valence-electron chi connectivity index (χ1n) is 6.93. The molecule has 3 amide bonds. The van der Waals surface area contributed by atoms with E-state index in [9.17, 15) is 9.59 Å². The van der Waals surface area contributed by atoms with Crippen LogP contribution in [0.1, 0.15) is 25.5 Å². The lowest BCUT2D eigenvalue weighted by atomic mass is 10.1. The monoisotopic (exact) mass is 296 g/mol. The van der Waals surface area contributed by atoms with Crippen LogP contribution in [0.3, 0.4) is 0 Å². The van der Waals surface area contributed by atoms with Crippen LogP contribution < -0.4 is 16.0 Å². The fourth-order valence-corrected chi connectivity index (χ4v) is 1.99. The van der Waals surface area contributed by atoms with Crippen molar-refractivity contribution in [3.63, 3.8) is 0 Å². The summed E-state index contributed by atoms with van der Waals surface area (Å²) in [5.41, 5.74) is 0. The third-order valence-electron chi connectivity index (χ3n) is 3.18. The average molecular weight is 296 g/mol. The molecule has 8 heteroatoms. The number of carbonyl (C=O) groups excluding carboxylic acids is 2. The van der Waals surface area contributed by atoms with Gasteiger partial charge in [-0.1, -0.05) is 5.16 Å². The van der Waals surface area contributed by atoms with Gasteiger partial charge in [-0.15, -0.1) is 0 Å². The molecule has 21 heavy (non-hydrogen) atoms. The Kier molecular flexibility index (Phi) is 5.15. The van der Waals surface area contributed by atoms with Gasteiger partial charge in [0, 0.05) is 25.3 Å². The highest BCUT2D eigenvalue weighted by Gasteiger charge is 2.20. The van der Waals surface area contributed by atoms with Gasteiger partial charge in [0.2, 0.25) is 5.91 Å². The Labute approximate surface area is 122 Å². The van der Waals surface area contributed by atoms with Crippen LogP contribution in [-0.2, 0) is 9.53 Å². The molecule has 1 atom stereocenters. The van der Waals surface area contributed by atoms with Crippen molar-refractivity contribution >= 4 is 17.8 Å². The first-order chi connectivity index (χ1) is 10.0. The zero-order valence-electron chi connectivity index (χ0n) is 12.1. The van der Waals surface area contributed by atoms with E-state index in [1.54, 1.807) is 19.9 Å². The average Bonchev–Trinajstić information content (AvgIpc) is 2.85. The van der Waals surface area contributed by atoms with E-state index in [0.717, 1.165) is 12.8 Å². The molecule has 0 radical (unpaired) electrons. The van der Waals surface area contributed by atoms with Crippen LogP contribution in [0.15, 0.2) is 10.6 Å². The van der Waals surface area contributed by atoms with Crippen LogP contribution >= 0.6 is 0 Å². The third kappa shape index (κ3) is 4.75. The van der Waals surface area contributed by atoms with Crippen LogP contribution in [0.2, 0.25) is 0 Å². The molecule has 8 nitrogen and oxygen atoms in total. The predicted molar refractivity (Wildman–Crippen MR) is 74.8 cm³/mol. The normalized spacial score (nSPS) is 17.0. The van der Waals surface area contributed by atoms with Crippen molar-refractivity contribution in [3.8, 4) is 0 Å². The summed E-state index contributed by atoms with van der Waals surface area (Å²) in [6.45, 7) is 4.62. The zero-order chi connectivity index (χ0) is 15.2. The molecule has 0 bridgehead atoms. The zero-order valence-corrected chi connectivity index (χ0v) is 12.1. The summed E-state index contributed by atoms with van der Waals surface area (Å²) in [5.74, 6) is 0.574. The number of urea groups is 1. The molecule has 1 aromatic heterocycles. The molecule has 1 aromatic rings. The molecular formula is C13H20N4O4. The Morgan fingerprint density at radius 3 is 2.71 bits per heavy atom. The van der Waals surface area contributed by atoms with Crippen molar-refractivity contribution in [1.82, 2.24) is 15.8 Å². The molecule has 0 aromatic carbocycles. The summed E-state index contributed by atoms with van der Waals surface area (Å²) in [6.07, 6.45) is 1.57. The number of carbonyl (C=O) groups is 2. The van der Waals surface area contributed by atoms with Crippen molar-refractivity contribution in [2.75, 3.05) is 18.5 Å². The number of nitrogens with zero attached hydrogens (tertiary/aromatic N) is 1. The topological polar surface area (TPSA) is 105 Å². The van der Waals surface area contributed by atoms with Crippen molar-refractivity contribution in [2.24, 2.45) is 0 Å². The van der Waals surface area contributed by atoms with Crippen molar-refractivity contribution in [3.05, 3.63) is 11.8 Å². The maximum atomic E-state index is 11.9. The smallest absolute Gasteiger partial charge is 0.315 e. The molecule has 0 spiro atoms. The van der Waals surface area contributed by atoms with E-state index < -0.39 is 6.04 Å². The number of ether oxygens (including phenoxy) is 1. The summed E-state index contributed by atoms with van der Waals surface area (Å²) in [5, 5.41) is 11.6. The Morgan fingerprint density at radius 2 is 2.10 bits per heavy atom. The van der Waals surface area contributed by atoms with Gasteiger partial charge in [-0.05, 0) is 26.7 Å². The predicted octanol–water partition coefficient (Wildman–Crippen LogP) is 0.788. The quantitative estimate of drug-likeness (QED) is 0.761. The highest BCUT2D eigenvalue weighted by atomic mass is 16.5. The van der Waals surface area contributed by atoms with E-state index in [-0.39, 0.29) is 18.0 Å². The minimum Gasteiger partial charge on any atom is -0.381 e. The summed E-state index contributed by atoms with van der Waals surface area (Å²) in [4.78, 5) is 23.7. The van der Waals surface area contributed by atoms with Gasteiger partial charge in [-0.25, -0.2) is 4.79 Å². The van der Waals surface area contributed by atoms with Gasteiger partial charge in [-0.2, -0.15) is 0 Å². The van der Waals surface area contributed by atoms with Gasteiger partial charge < -0.3 is 25.2 Å². The molecule has 0 aliphatic carbocycles. The summed E-state index contributed by atoms with van der Waals surface area (Å²) < 4.78 is 10.1. The molecule has 116 valence electrons. The third-order valence-corrected chi connectivity index (χ3v) is 3.18. The van der Waals surface area contributed by atoms with Crippen LogP contribution in [0, 0.1) is 6.92 Å². The Hall–Kier alpha value is -2.09. The van der Waals surface area contributed by atoms with Gasteiger partial charge in [-0.3, -0.25) is 4.79 Å². The second-order valence-electron chi connectivity index (χ2n) is 5.04. The van der Waals surface area contributed by atoms with Gasteiger partial charge in [0.25, 0.3) is 0 Å². The molecule has 1 aliphatic rings. The molecule has 1 saturated heterocycles. The second-order valence-corrected chi connectivity index (χ2v) is 5.04. The number of nitrogens with one attached hydrogen (secondary N) is 3. The lowest BCUT2D eigenvalue weighted by molar-refractivity contribution is -0.117. The van der Waals surface area contributed by atoms with Crippen LogP contribution in [-0.4, -0.2) is 42.4 Å². The maximum absolute atomic E-state index is 11.9. The van der Waals surface area contributed by atoms with E-state index in [2.05, 4.69) is 21.1 Å². The van der Waals surface area contributed by atoms with E-state index in [1.807, 2.05) is 0 Å². The fraction of sp³-hybridized carbons (Fsp3) is 0.615. The van der Waals surface area contributed by atoms with Crippen molar-refractivity contribution in [1.29, 1.82) is 0 Å². The van der Waals surface area contributed by atoms with Gasteiger partial charge in [0.05, 0.1) is 0 Å². The SMILES string of the molecule is Cc1cc(NC(=O)C(C)NC(=O)NC2CCOCC2)no1. The van der Waals surface area contributed by atoms with Crippen molar-refractivity contribution < 1.29 is 18.8 Å². The first kappa shape index (κ1) is 15.3. The van der Waals surface area contributed by atoms with Gasteiger partial charge in [0.1, 0.15) is 11.8 Å².